The third-order valence-corrected chi connectivity index (χ3v) is 8.24. The van der Waals surface area contributed by atoms with Gasteiger partial charge in [-0.1, -0.05) is 95.7 Å². The van der Waals surface area contributed by atoms with Crippen LogP contribution in [0.3, 0.4) is 0 Å². The summed E-state index contributed by atoms with van der Waals surface area (Å²) in [4.78, 5) is 17.0. The van der Waals surface area contributed by atoms with Crippen LogP contribution in [0, 0.1) is 0 Å². The maximum Gasteiger partial charge on any atom is 0.338 e. The lowest BCUT2D eigenvalue weighted by atomic mass is 9.97. The van der Waals surface area contributed by atoms with Gasteiger partial charge in [-0.2, -0.15) is 0 Å². The molecular weight excluding hydrogens is 578 g/mol. The Hall–Kier alpha value is -4.31. The van der Waals surface area contributed by atoms with Crippen molar-refractivity contribution in [2.75, 3.05) is 13.7 Å². The Morgan fingerprint density at radius 3 is 2.05 bits per heavy atom. The molecule has 0 radical (unpaired) electrons. The first-order chi connectivity index (χ1) is 21.6. The van der Waals surface area contributed by atoms with E-state index in [0.29, 0.717) is 5.56 Å². The fourth-order valence-electron chi connectivity index (χ4n) is 4.83. The molecule has 0 spiro atoms. The molecule has 1 heterocycles. The number of ether oxygens (including phenoxy) is 5. The predicted molar refractivity (Wildman–Crippen MR) is 167 cm³/mol. The molecule has 5 atom stereocenters. The standard InChI is InChI=1S/C34H33N3O6S/c1-39-27-19-17-25(18-20-27)22-40-31-29(23-42-33(38)26-13-7-3-8-14-26)43-34(44-28-15-9-4-10-16-28)30(36-37-35)32(31)41-21-24-11-5-2-6-12-24/h2-20,29-32,34H,21-23H2,1H3/t29-,30-,31-,32-,34-/m1/s1. The molecule has 0 aliphatic carbocycles. The number of benzene rings is 4. The molecule has 44 heavy (non-hydrogen) atoms. The molecule has 4 aromatic carbocycles. The second kappa shape index (κ2) is 16.0. The maximum atomic E-state index is 12.9. The summed E-state index contributed by atoms with van der Waals surface area (Å²) >= 11 is 1.42. The van der Waals surface area contributed by atoms with E-state index in [-0.39, 0.29) is 19.8 Å². The van der Waals surface area contributed by atoms with Gasteiger partial charge in [0.1, 0.15) is 36.0 Å². The lowest BCUT2D eigenvalue weighted by Gasteiger charge is -2.44. The smallest absolute Gasteiger partial charge is 0.338 e. The number of carbonyl (C=O) groups is 1. The van der Waals surface area contributed by atoms with Crippen LogP contribution in [0.2, 0.25) is 0 Å². The van der Waals surface area contributed by atoms with Gasteiger partial charge >= 0.3 is 5.97 Å². The van der Waals surface area contributed by atoms with Gasteiger partial charge in [-0.05, 0) is 53.1 Å². The lowest BCUT2D eigenvalue weighted by Crippen LogP contribution is -2.59. The molecular formula is C34H33N3O6S. The van der Waals surface area contributed by atoms with Crippen molar-refractivity contribution < 1.29 is 28.5 Å². The number of methoxy groups -OCH3 is 1. The molecule has 1 saturated heterocycles. The van der Waals surface area contributed by atoms with E-state index in [1.807, 2.05) is 91.0 Å². The minimum Gasteiger partial charge on any atom is -0.497 e. The number of rotatable bonds is 13. The van der Waals surface area contributed by atoms with Crippen LogP contribution in [0.25, 0.3) is 10.4 Å². The highest BCUT2D eigenvalue weighted by atomic mass is 32.2. The van der Waals surface area contributed by atoms with Crippen LogP contribution in [0.4, 0.5) is 0 Å². The first kappa shape index (κ1) is 31.1. The Bertz CT molecular complexity index is 1500. The number of azide groups is 1. The van der Waals surface area contributed by atoms with E-state index in [0.717, 1.165) is 21.8 Å². The molecule has 5 rings (SSSR count). The highest BCUT2D eigenvalue weighted by Gasteiger charge is 2.48. The van der Waals surface area contributed by atoms with E-state index in [4.69, 9.17) is 23.7 Å². The summed E-state index contributed by atoms with van der Waals surface area (Å²) in [5.74, 6) is 0.253. The van der Waals surface area contributed by atoms with Gasteiger partial charge in [0.25, 0.3) is 0 Å². The van der Waals surface area contributed by atoms with Crippen molar-refractivity contribution in [2.24, 2.45) is 5.11 Å². The average molecular weight is 612 g/mol. The molecule has 0 amide bonds. The number of hydrogen-bond acceptors (Lipinski definition) is 8. The van der Waals surface area contributed by atoms with Crippen LogP contribution in [-0.2, 0) is 32.2 Å². The summed E-state index contributed by atoms with van der Waals surface area (Å²) in [7, 11) is 1.61. The number of carbonyl (C=O) groups excluding carboxylic acids is 1. The van der Waals surface area contributed by atoms with Gasteiger partial charge in [0.2, 0.25) is 0 Å². The zero-order valence-corrected chi connectivity index (χ0v) is 25.0. The summed E-state index contributed by atoms with van der Waals surface area (Å²) in [5.41, 5.74) is 11.3. The lowest BCUT2D eigenvalue weighted by molar-refractivity contribution is -0.206. The Morgan fingerprint density at radius 1 is 0.818 bits per heavy atom. The Morgan fingerprint density at radius 2 is 1.41 bits per heavy atom. The van der Waals surface area contributed by atoms with Crippen LogP contribution < -0.4 is 4.74 Å². The summed E-state index contributed by atoms with van der Waals surface area (Å²) in [6, 6.07) is 35.0. The Kier molecular flexibility index (Phi) is 11.3. The monoisotopic (exact) mass is 611 g/mol. The van der Waals surface area contributed by atoms with Gasteiger partial charge < -0.3 is 23.7 Å². The van der Waals surface area contributed by atoms with Crippen LogP contribution in [0.5, 0.6) is 5.75 Å². The summed E-state index contributed by atoms with van der Waals surface area (Å²) in [6.07, 6.45) is -2.19. The fraction of sp³-hybridized carbons (Fsp3) is 0.265. The second-order valence-corrected chi connectivity index (χ2v) is 11.2. The van der Waals surface area contributed by atoms with Gasteiger partial charge in [-0.15, -0.1) is 0 Å². The molecule has 1 aliphatic rings. The molecule has 226 valence electrons. The van der Waals surface area contributed by atoms with Crippen molar-refractivity contribution in [1.82, 2.24) is 0 Å². The minimum absolute atomic E-state index is 0.0962. The average Bonchev–Trinajstić information content (AvgIpc) is 3.08. The minimum atomic E-state index is -0.754. The molecule has 0 unspecified atom stereocenters. The van der Waals surface area contributed by atoms with Crippen molar-refractivity contribution in [3.63, 3.8) is 0 Å². The SMILES string of the molecule is COc1ccc(CO[C@H]2[C@H](OCc3ccccc3)[C@@H](N=[N+]=[N-])[C@@H](Sc3ccccc3)O[C@@H]2COC(=O)c2ccccc2)cc1. The van der Waals surface area contributed by atoms with E-state index >= 15 is 0 Å². The van der Waals surface area contributed by atoms with Crippen LogP contribution >= 0.6 is 11.8 Å². The highest BCUT2D eigenvalue weighted by molar-refractivity contribution is 7.99. The molecule has 1 aliphatic heterocycles. The normalized spacial score (nSPS) is 21.2. The summed E-state index contributed by atoms with van der Waals surface area (Å²) in [5, 5.41) is 4.17. The van der Waals surface area contributed by atoms with E-state index < -0.39 is 35.8 Å². The third kappa shape index (κ3) is 8.41. The van der Waals surface area contributed by atoms with Crippen molar-refractivity contribution in [3.8, 4) is 5.75 Å². The largest absolute Gasteiger partial charge is 0.497 e. The predicted octanol–water partition coefficient (Wildman–Crippen LogP) is 7.22. The Balaban J connectivity index is 1.45. The number of nitrogens with zero attached hydrogens (tertiary/aromatic N) is 3. The zero-order chi connectivity index (χ0) is 30.6. The molecule has 0 bridgehead atoms. The van der Waals surface area contributed by atoms with E-state index in [2.05, 4.69) is 10.0 Å². The molecule has 1 fully saturated rings. The quantitative estimate of drug-likeness (QED) is 0.0679. The molecule has 4 aromatic rings. The van der Waals surface area contributed by atoms with E-state index in [9.17, 15) is 10.3 Å². The van der Waals surface area contributed by atoms with Gasteiger partial charge in [-0.25, -0.2) is 4.79 Å². The van der Waals surface area contributed by atoms with Gasteiger partial charge in [0.15, 0.2) is 0 Å². The van der Waals surface area contributed by atoms with E-state index in [1.165, 1.54) is 11.8 Å². The van der Waals surface area contributed by atoms with E-state index in [1.54, 1.807) is 31.4 Å². The van der Waals surface area contributed by atoms with Gasteiger partial charge in [0, 0.05) is 9.81 Å². The fourth-order valence-corrected chi connectivity index (χ4v) is 5.96. The number of esters is 1. The highest BCUT2D eigenvalue weighted by Crippen LogP contribution is 2.38. The molecule has 0 saturated carbocycles. The van der Waals surface area contributed by atoms with Crippen LogP contribution in [-0.4, -0.2) is 49.5 Å². The zero-order valence-electron chi connectivity index (χ0n) is 24.2. The van der Waals surface area contributed by atoms with Crippen molar-refractivity contribution in [2.45, 2.75) is 47.9 Å². The van der Waals surface area contributed by atoms with Gasteiger partial charge in [-0.3, -0.25) is 0 Å². The maximum absolute atomic E-state index is 12.9. The van der Waals surface area contributed by atoms with Gasteiger partial charge in [0.05, 0.1) is 32.0 Å². The molecule has 9 nitrogen and oxygen atoms in total. The first-order valence-corrected chi connectivity index (χ1v) is 15.1. The van der Waals surface area contributed by atoms with Crippen molar-refractivity contribution in [1.29, 1.82) is 0 Å². The van der Waals surface area contributed by atoms with Crippen LogP contribution in [0.15, 0.2) is 125 Å². The summed E-state index contributed by atoms with van der Waals surface area (Å²) in [6.45, 7) is 0.372. The number of thioether (sulfide) groups is 1. The second-order valence-electron chi connectivity index (χ2n) is 10.0. The summed E-state index contributed by atoms with van der Waals surface area (Å²) < 4.78 is 30.6. The van der Waals surface area contributed by atoms with Crippen molar-refractivity contribution >= 4 is 17.7 Å². The molecule has 0 N–H and O–H groups in total. The van der Waals surface area contributed by atoms with Crippen LogP contribution in [0.1, 0.15) is 21.5 Å². The molecule has 10 heteroatoms. The third-order valence-electron chi connectivity index (χ3n) is 7.07. The molecule has 0 aromatic heterocycles. The van der Waals surface area contributed by atoms with Crippen molar-refractivity contribution in [3.05, 3.63) is 142 Å². The first-order valence-electron chi connectivity index (χ1n) is 14.2. The Labute approximate surface area is 260 Å². The number of hydrogen-bond donors (Lipinski definition) is 0. The topological polar surface area (TPSA) is 112 Å².